The first kappa shape index (κ1) is 15.9. The zero-order chi connectivity index (χ0) is 11.6. The second kappa shape index (κ2) is 5.99. The van der Waals surface area contributed by atoms with Gasteiger partial charge in [-0.15, -0.1) is 12.6 Å². The van der Waals surface area contributed by atoms with E-state index in [4.69, 9.17) is 0 Å². The topological polar surface area (TPSA) is 86.5 Å². The predicted octanol–water partition coefficient (Wildman–Crippen LogP) is -1.66. The van der Waals surface area contributed by atoms with Gasteiger partial charge in [-0.05, 0) is 12.1 Å². The van der Waals surface area contributed by atoms with Crippen molar-refractivity contribution >= 4 is 28.4 Å². The van der Waals surface area contributed by atoms with Crippen molar-refractivity contribution in [3.05, 3.63) is 28.3 Å². The standard InChI is InChI=1S/C7H7NO5S2.Na.H/c1-13-15(11,12)5-2-3-7(14)6(4-5)8(9)10;;/h2-4,14H,1H3;;/q;+1;-1. The number of nitro groups is 1. The molecule has 0 spiro atoms. The van der Waals surface area contributed by atoms with E-state index < -0.39 is 15.0 Å². The van der Waals surface area contributed by atoms with Crippen LogP contribution in [0.15, 0.2) is 28.0 Å². The summed E-state index contributed by atoms with van der Waals surface area (Å²) in [6, 6.07) is 3.32. The van der Waals surface area contributed by atoms with E-state index in [-0.39, 0.29) is 46.5 Å². The number of nitro benzene ring substituents is 1. The van der Waals surface area contributed by atoms with Gasteiger partial charge >= 0.3 is 29.6 Å². The molecule has 16 heavy (non-hydrogen) atoms. The van der Waals surface area contributed by atoms with Crippen LogP contribution in [0.2, 0.25) is 0 Å². The molecule has 1 aromatic rings. The first-order valence-corrected chi connectivity index (χ1v) is 5.52. The minimum Gasteiger partial charge on any atom is -1.00 e. The molecule has 0 aliphatic carbocycles. The molecule has 0 amide bonds. The molecule has 0 heterocycles. The Morgan fingerprint density at radius 3 is 2.50 bits per heavy atom. The molecular formula is C7H8NNaO5S2. The van der Waals surface area contributed by atoms with Gasteiger partial charge in [0, 0.05) is 6.07 Å². The maximum atomic E-state index is 11.2. The Bertz CT molecular complexity index is 507. The molecule has 0 bridgehead atoms. The van der Waals surface area contributed by atoms with E-state index in [1.807, 2.05) is 0 Å². The summed E-state index contributed by atoms with van der Waals surface area (Å²) in [5, 5.41) is 10.5. The van der Waals surface area contributed by atoms with Crippen molar-refractivity contribution in [2.75, 3.05) is 7.11 Å². The Morgan fingerprint density at radius 1 is 1.50 bits per heavy atom. The number of nitrogens with zero attached hydrogens (tertiary/aromatic N) is 1. The summed E-state index contributed by atoms with van der Waals surface area (Å²) in [5.41, 5.74) is -0.378. The maximum absolute atomic E-state index is 11.2. The molecule has 1 aromatic carbocycles. The van der Waals surface area contributed by atoms with E-state index >= 15 is 0 Å². The molecule has 1 rings (SSSR count). The summed E-state index contributed by atoms with van der Waals surface area (Å²) < 4.78 is 26.7. The molecule has 0 atom stereocenters. The second-order valence-electron chi connectivity index (χ2n) is 2.53. The molecule has 0 N–H and O–H groups in total. The van der Waals surface area contributed by atoms with Gasteiger partial charge in [-0.25, -0.2) is 0 Å². The monoisotopic (exact) mass is 273 g/mol. The first-order chi connectivity index (χ1) is 6.88. The van der Waals surface area contributed by atoms with Crippen molar-refractivity contribution in [3.63, 3.8) is 0 Å². The molecule has 0 aliphatic heterocycles. The molecule has 6 nitrogen and oxygen atoms in total. The number of hydrogen-bond acceptors (Lipinski definition) is 6. The average Bonchev–Trinajstić information content (AvgIpc) is 2.17. The molecule has 0 unspecified atom stereocenters. The summed E-state index contributed by atoms with van der Waals surface area (Å²) in [7, 11) is -2.93. The largest absolute Gasteiger partial charge is 1.00 e. The third-order valence-corrected chi connectivity index (χ3v) is 3.30. The zero-order valence-electron chi connectivity index (χ0n) is 9.58. The van der Waals surface area contributed by atoms with Crippen LogP contribution in [0.25, 0.3) is 0 Å². The Labute approximate surface area is 121 Å². The van der Waals surface area contributed by atoms with Crippen LogP contribution < -0.4 is 29.6 Å². The van der Waals surface area contributed by atoms with Gasteiger partial charge < -0.3 is 1.43 Å². The molecule has 0 fully saturated rings. The van der Waals surface area contributed by atoms with Gasteiger partial charge in [-0.3, -0.25) is 14.3 Å². The van der Waals surface area contributed by atoms with Crippen LogP contribution in [0.4, 0.5) is 5.69 Å². The predicted molar refractivity (Wildman–Crippen MR) is 55.7 cm³/mol. The van der Waals surface area contributed by atoms with E-state index in [1.54, 1.807) is 0 Å². The van der Waals surface area contributed by atoms with Crippen molar-refractivity contribution in [2.45, 2.75) is 9.79 Å². The van der Waals surface area contributed by atoms with Gasteiger partial charge in [0.05, 0.1) is 16.9 Å². The SMILES string of the molecule is COS(=O)(=O)c1ccc(S)c([N+](=O)[O-])c1.[H-].[Na+]. The Morgan fingerprint density at radius 2 is 2.06 bits per heavy atom. The fraction of sp³-hybridized carbons (Fsp3) is 0.143. The number of rotatable bonds is 3. The van der Waals surface area contributed by atoms with Crippen molar-refractivity contribution in [2.24, 2.45) is 0 Å². The third kappa shape index (κ3) is 3.44. The fourth-order valence-electron chi connectivity index (χ4n) is 0.901. The Balaban J connectivity index is 0. The quantitative estimate of drug-likeness (QED) is 0.234. The Kier molecular flexibility index (Phi) is 5.94. The average molecular weight is 273 g/mol. The smallest absolute Gasteiger partial charge is 1.00 e. The van der Waals surface area contributed by atoms with Crippen LogP contribution in [-0.4, -0.2) is 20.5 Å². The van der Waals surface area contributed by atoms with E-state index in [1.165, 1.54) is 12.1 Å². The minimum atomic E-state index is -3.91. The molecule has 0 aliphatic rings. The van der Waals surface area contributed by atoms with Gasteiger partial charge in [-0.2, -0.15) is 8.42 Å². The van der Waals surface area contributed by atoms with E-state index in [2.05, 4.69) is 16.8 Å². The number of benzene rings is 1. The minimum absolute atomic E-state index is 0. The van der Waals surface area contributed by atoms with Crippen LogP contribution in [-0.2, 0) is 14.3 Å². The fourth-order valence-corrected chi connectivity index (χ4v) is 1.81. The maximum Gasteiger partial charge on any atom is 1.00 e. The molecule has 0 saturated heterocycles. The Hall–Kier alpha value is -0.120. The molecule has 84 valence electrons. The van der Waals surface area contributed by atoms with Crippen LogP contribution in [0.3, 0.4) is 0 Å². The summed E-state index contributed by atoms with van der Waals surface area (Å²) in [6.07, 6.45) is 0. The molecular weight excluding hydrogens is 265 g/mol. The van der Waals surface area contributed by atoms with Crippen LogP contribution in [0.1, 0.15) is 1.43 Å². The van der Waals surface area contributed by atoms with E-state index in [9.17, 15) is 18.5 Å². The summed E-state index contributed by atoms with van der Waals surface area (Å²) >= 11 is 3.83. The second-order valence-corrected chi connectivity index (χ2v) is 4.72. The first-order valence-electron chi connectivity index (χ1n) is 3.66. The molecule has 0 saturated carbocycles. The van der Waals surface area contributed by atoms with Crippen molar-refractivity contribution in [1.82, 2.24) is 0 Å². The van der Waals surface area contributed by atoms with Crippen LogP contribution >= 0.6 is 12.6 Å². The van der Waals surface area contributed by atoms with Crippen molar-refractivity contribution in [3.8, 4) is 0 Å². The summed E-state index contributed by atoms with van der Waals surface area (Å²) in [6.45, 7) is 0. The van der Waals surface area contributed by atoms with Gasteiger partial charge in [0.25, 0.3) is 15.8 Å². The van der Waals surface area contributed by atoms with E-state index in [0.29, 0.717) is 0 Å². The molecule has 0 radical (unpaired) electrons. The molecule has 9 heteroatoms. The third-order valence-electron chi connectivity index (χ3n) is 1.65. The molecule has 0 aromatic heterocycles. The normalized spacial score (nSPS) is 10.6. The van der Waals surface area contributed by atoms with Gasteiger partial charge in [-0.1, -0.05) is 0 Å². The van der Waals surface area contributed by atoms with Crippen molar-refractivity contribution in [1.29, 1.82) is 0 Å². The van der Waals surface area contributed by atoms with Gasteiger partial charge in [0.1, 0.15) is 4.90 Å². The number of thiol groups is 1. The van der Waals surface area contributed by atoms with Gasteiger partial charge in [0.15, 0.2) is 0 Å². The van der Waals surface area contributed by atoms with Crippen molar-refractivity contribution < 1.29 is 48.5 Å². The van der Waals surface area contributed by atoms with E-state index in [0.717, 1.165) is 13.2 Å². The zero-order valence-corrected chi connectivity index (χ0v) is 12.3. The van der Waals surface area contributed by atoms with Gasteiger partial charge in [0.2, 0.25) is 0 Å². The summed E-state index contributed by atoms with van der Waals surface area (Å²) in [5.74, 6) is 0. The van der Waals surface area contributed by atoms with Crippen LogP contribution in [0.5, 0.6) is 0 Å². The van der Waals surface area contributed by atoms with Crippen LogP contribution in [0, 0.1) is 10.1 Å². The summed E-state index contributed by atoms with van der Waals surface area (Å²) in [4.78, 5) is 9.62. The number of hydrogen-bond donors (Lipinski definition) is 1.